The van der Waals surface area contributed by atoms with E-state index >= 15 is 0 Å². The Morgan fingerprint density at radius 1 is 1.05 bits per heavy atom. The molecular weight excluding hydrogens is 298 g/mol. The van der Waals surface area contributed by atoms with E-state index < -0.39 is 20.7 Å². The van der Waals surface area contributed by atoms with Gasteiger partial charge in [0, 0.05) is 12.1 Å². The molecule has 0 spiro atoms. The van der Waals surface area contributed by atoms with Crippen LogP contribution >= 0.6 is 0 Å². The molecule has 21 heavy (non-hydrogen) atoms. The summed E-state index contributed by atoms with van der Waals surface area (Å²) in [5.41, 5.74) is -0.383. The van der Waals surface area contributed by atoms with Crippen LogP contribution in [0.2, 0.25) is 0 Å². The van der Waals surface area contributed by atoms with Crippen molar-refractivity contribution in [2.45, 2.75) is 9.79 Å². The molecule has 0 unspecified atom stereocenters. The lowest BCUT2D eigenvalue weighted by Gasteiger charge is -2.05. The van der Waals surface area contributed by atoms with Gasteiger partial charge in [0.25, 0.3) is 5.69 Å². The summed E-state index contributed by atoms with van der Waals surface area (Å²) in [5, 5.41) is 19.4. The van der Waals surface area contributed by atoms with Crippen LogP contribution < -0.4 is 0 Å². The quantitative estimate of drug-likeness (QED) is 0.683. The number of hydrogen-bond donors (Lipinski definition) is 1. The first-order chi connectivity index (χ1) is 9.82. The second-order valence-corrected chi connectivity index (χ2v) is 6.04. The molecule has 0 heterocycles. The summed E-state index contributed by atoms with van der Waals surface area (Å²) in [7, 11) is -3.92. The Balaban J connectivity index is 2.49. The molecule has 0 fully saturated rings. The number of non-ortho nitro benzene ring substituents is 1. The van der Waals surface area contributed by atoms with Crippen molar-refractivity contribution >= 4 is 21.5 Å². The molecule has 108 valence electrons. The number of hydrogen-bond acceptors (Lipinski definition) is 5. The summed E-state index contributed by atoms with van der Waals surface area (Å²) in [6, 6.07) is 9.28. The molecule has 8 heteroatoms. The van der Waals surface area contributed by atoms with Gasteiger partial charge in [0.2, 0.25) is 9.84 Å². The highest BCUT2D eigenvalue weighted by atomic mass is 32.2. The molecule has 2 rings (SSSR count). The van der Waals surface area contributed by atoms with Gasteiger partial charge in [0.15, 0.2) is 0 Å². The third-order valence-electron chi connectivity index (χ3n) is 2.75. The zero-order chi connectivity index (χ0) is 15.6. The number of nitrogens with zero attached hydrogens (tertiary/aromatic N) is 1. The van der Waals surface area contributed by atoms with Crippen LogP contribution in [0, 0.1) is 10.1 Å². The third kappa shape index (κ3) is 2.90. The van der Waals surface area contributed by atoms with Crippen LogP contribution in [0.3, 0.4) is 0 Å². The maximum atomic E-state index is 12.3. The van der Waals surface area contributed by atoms with Crippen LogP contribution in [0.5, 0.6) is 0 Å². The largest absolute Gasteiger partial charge is 0.478 e. The topological polar surface area (TPSA) is 115 Å². The number of carbonyl (C=O) groups is 1. The second kappa shape index (κ2) is 5.33. The highest BCUT2D eigenvalue weighted by Crippen LogP contribution is 2.23. The lowest BCUT2D eigenvalue weighted by atomic mass is 10.2. The fraction of sp³-hybridized carbons (Fsp3) is 0. The van der Waals surface area contributed by atoms with Crippen molar-refractivity contribution in [1.29, 1.82) is 0 Å². The van der Waals surface area contributed by atoms with Crippen molar-refractivity contribution < 1.29 is 23.2 Å². The molecule has 0 radical (unpaired) electrons. The summed E-state index contributed by atoms with van der Waals surface area (Å²) in [6.07, 6.45) is 0. The average Bonchev–Trinajstić information content (AvgIpc) is 2.47. The van der Waals surface area contributed by atoms with Gasteiger partial charge in [-0.05, 0) is 30.3 Å². The fourth-order valence-corrected chi connectivity index (χ4v) is 2.99. The van der Waals surface area contributed by atoms with Crippen LogP contribution in [-0.4, -0.2) is 24.4 Å². The standard InChI is InChI=1S/C13H9NO6S/c15-13(16)9-2-1-3-12(8-9)21(19,20)11-6-4-10(5-7-11)14(17)18/h1-8H,(H,15,16). The van der Waals surface area contributed by atoms with Crippen molar-refractivity contribution in [3.63, 3.8) is 0 Å². The normalized spacial score (nSPS) is 11.0. The van der Waals surface area contributed by atoms with E-state index in [4.69, 9.17) is 5.11 Å². The Morgan fingerprint density at radius 3 is 2.19 bits per heavy atom. The van der Waals surface area contributed by atoms with Gasteiger partial charge < -0.3 is 5.11 Å². The summed E-state index contributed by atoms with van der Waals surface area (Å²) in [4.78, 5) is 20.4. The van der Waals surface area contributed by atoms with Crippen LogP contribution in [-0.2, 0) is 9.84 Å². The molecule has 0 amide bonds. The van der Waals surface area contributed by atoms with Crippen molar-refractivity contribution in [2.24, 2.45) is 0 Å². The molecule has 0 aromatic heterocycles. The van der Waals surface area contributed by atoms with E-state index in [1.165, 1.54) is 18.2 Å². The first kappa shape index (κ1) is 14.7. The molecule has 0 aliphatic heterocycles. The molecule has 2 aromatic carbocycles. The van der Waals surface area contributed by atoms with E-state index in [1.807, 2.05) is 0 Å². The molecule has 0 aliphatic carbocycles. The summed E-state index contributed by atoms with van der Waals surface area (Å²) in [6.45, 7) is 0. The summed E-state index contributed by atoms with van der Waals surface area (Å²) in [5.74, 6) is -1.24. The molecule has 0 atom stereocenters. The third-order valence-corrected chi connectivity index (χ3v) is 4.52. The van der Waals surface area contributed by atoms with E-state index in [-0.39, 0.29) is 21.0 Å². The monoisotopic (exact) mass is 307 g/mol. The molecule has 0 aliphatic rings. The van der Waals surface area contributed by atoms with Gasteiger partial charge in [-0.1, -0.05) is 6.07 Å². The average molecular weight is 307 g/mol. The summed E-state index contributed by atoms with van der Waals surface area (Å²) >= 11 is 0. The number of nitro benzene ring substituents is 1. The van der Waals surface area contributed by atoms with E-state index in [2.05, 4.69) is 0 Å². The molecule has 0 saturated carbocycles. The van der Waals surface area contributed by atoms with Gasteiger partial charge in [-0.2, -0.15) is 0 Å². The lowest BCUT2D eigenvalue weighted by Crippen LogP contribution is -2.04. The van der Waals surface area contributed by atoms with E-state index in [0.717, 1.165) is 30.3 Å². The second-order valence-electron chi connectivity index (χ2n) is 4.09. The molecule has 2 aromatic rings. The van der Waals surface area contributed by atoms with Crippen molar-refractivity contribution in [3.8, 4) is 0 Å². The SMILES string of the molecule is O=C(O)c1cccc(S(=O)(=O)c2ccc([N+](=O)[O-])cc2)c1. The number of carboxylic acids is 1. The number of aromatic carboxylic acids is 1. The minimum atomic E-state index is -3.92. The van der Waals surface area contributed by atoms with E-state index in [0.29, 0.717) is 0 Å². The zero-order valence-corrected chi connectivity index (χ0v) is 11.3. The molecular formula is C13H9NO6S. The van der Waals surface area contributed by atoms with Gasteiger partial charge in [-0.3, -0.25) is 10.1 Å². The van der Waals surface area contributed by atoms with Crippen molar-refractivity contribution in [1.82, 2.24) is 0 Å². The molecule has 7 nitrogen and oxygen atoms in total. The number of benzene rings is 2. The van der Waals surface area contributed by atoms with Crippen LogP contribution in [0.1, 0.15) is 10.4 Å². The highest BCUT2D eigenvalue weighted by molar-refractivity contribution is 7.91. The van der Waals surface area contributed by atoms with Gasteiger partial charge in [-0.25, -0.2) is 13.2 Å². The highest BCUT2D eigenvalue weighted by Gasteiger charge is 2.20. The van der Waals surface area contributed by atoms with Crippen LogP contribution in [0.4, 0.5) is 5.69 Å². The minimum absolute atomic E-state index is 0.143. The Bertz CT molecular complexity index is 811. The Hall–Kier alpha value is -2.74. The first-order valence-electron chi connectivity index (χ1n) is 5.65. The lowest BCUT2D eigenvalue weighted by molar-refractivity contribution is -0.384. The minimum Gasteiger partial charge on any atom is -0.478 e. The van der Waals surface area contributed by atoms with E-state index in [1.54, 1.807) is 0 Å². The van der Waals surface area contributed by atoms with Crippen molar-refractivity contribution in [2.75, 3.05) is 0 Å². The Labute approximate surface area is 119 Å². The number of carboxylic acid groups (broad SMARTS) is 1. The Morgan fingerprint density at radius 2 is 1.67 bits per heavy atom. The molecule has 1 N–H and O–H groups in total. The zero-order valence-electron chi connectivity index (χ0n) is 10.5. The first-order valence-corrected chi connectivity index (χ1v) is 7.13. The van der Waals surface area contributed by atoms with Gasteiger partial charge in [-0.15, -0.1) is 0 Å². The van der Waals surface area contributed by atoms with Gasteiger partial charge in [0.1, 0.15) is 0 Å². The maximum Gasteiger partial charge on any atom is 0.335 e. The van der Waals surface area contributed by atoms with Crippen LogP contribution in [0.15, 0.2) is 58.3 Å². The number of sulfone groups is 1. The van der Waals surface area contributed by atoms with Crippen molar-refractivity contribution in [3.05, 3.63) is 64.2 Å². The van der Waals surface area contributed by atoms with Gasteiger partial charge in [0.05, 0.1) is 20.3 Å². The predicted octanol–water partition coefficient (Wildman–Crippen LogP) is 2.13. The molecule has 0 bridgehead atoms. The number of rotatable bonds is 4. The van der Waals surface area contributed by atoms with Crippen LogP contribution in [0.25, 0.3) is 0 Å². The number of nitro groups is 1. The molecule has 0 saturated heterocycles. The Kier molecular flexibility index (Phi) is 3.72. The predicted molar refractivity (Wildman–Crippen MR) is 71.9 cm³/mol. The van der Waals surface area contributed by atoms with E-state index in [9.17, 15) is 23.3 Å². The summed E-state index contributed by atoms with van der Waals surface area (Å²) < 4.78 is 24.7. The maximum absolute atomic E-state index is 12.3. The van der Waals surface area contributed by atoms with Gasteiger partial charge >= 0.3 is 5.97 Å². The smallest absolute Gasteiger partial charge is 0.335 e. The fourth-order valence-electron chi connectivity index (χ4n) is 1.68.